The van der Waals surface area contributed by atoms with Crippen molar-refractivity contribution in [3.63, 3.8) is 0 Å². The molecule has 0 radical (unpaired) electrons. The predicted molar refractivity (Wildman–Crippen MR) is 64.6 cm³/mol. The zero-order chi connectivity index (χ0) is 11.4. The van der Waals surface area contributed by atoms with E-state index in [1.807, 2.05) is 12.3 Å². The van der Waals surface area contributed by atoms with Crippen LogP contribution in [0.25, 0.3) is 0 Å². The smallest absolute Gasteiger partial charge is 0.212 e. The summed E-state index contributed by atoms with van der Waals surface area (Å²) >= 11 is 0. The van der Waals surface area contributed by atoms with Gasteiger partial charge in [-0.05, 0) is 31.5 Å². The Kier molecular flexibility index (Phi) is 3.78. The minimum atomic E-state index is 0.553. The highest BCUT2D eigenvalue weighted by molar-refractivity contribution is 5.21. The lowest BCUT2D eigenvalue weighted by Gasteiger charge is -2.34. The molecule has 16 heavy (non-hydrogen) atoms. The molecule has 1 aromatic rings. The highest BCUT2D eigenvalue weighted by Gasteiger charge is 2.22. The van der Waals surface area contributed by atoms with E-state index in [2.05, 4.69) is 22.9 Å². The molecule has 3 nitrogen and oxygen atoms in total. The molecular formula is C13H20N2O. The minimum absolute atomic E-state index is 0.553. The summed E-state index contributed by atoms with van der Waals surface area (Å²) in [4.78, 5) is 6.83. The highest BCUT2D eigenvalue weighted by atomic mass is 16.5. The van der Waals surface area contributed by atoms with Gasteiger partial charge in [-0.25, -0.2) is 4.98 Å². The van der Waals surface area contributed by atoms with E-state index in [1.165, 1.54) is 31.4 Å². The van der Waals surface area contributed by atoms with Gasteiger partial charge in [-0.3, -0.25) is 4.90 Å². The van der Waals surface area contributed by atoms with E-state index < -0.39 is 0 Å². The van der Waals surface area contributed by atoms with E-state index in [0.29, 0.717) is 11.9 Å². The molecule has 1 aliphatic rings. The van der Waals surface area contributed by atoms with Crippen molar-refractivity contribution < 1.29 is 4.74 Å². The average molecular weight is 220 g/mol. The van der Waals surface area contributed by atoms with Crippen LogP contribution in [-0.2, 0) is 0 Å². The molecule has 0 spiro atoms. The maximum absolute atomic E-state index is 5.08. The molecule has 0 aromatic carbocycles. The number of methoxy groups -OCH3 is 1. The van der Waals surface area contributed by atoms with Crippen LogP contribution in [0.2, 0.25) is 0 Å². The summed E-state index contributed by atoms with van der Waals surface area (Å²) in [6, 6.07) is 4.65. The second-order valence-electron chi connectivity index (χ2n) is 4.27. The van der Waals surface area contributed by atoms with Gasteiger partial charge in [0.1, 0.15) is 0 Å². The van der Waals surface area contributed by atoms with Crippen molar-refractivity contribution in [2.24, 2.45) is 0 Å². The first-order valence-electron chi connectivity index (χ1n) is 6.09. The van der Waals surface area contributed by atoms with E-state index in [0.717, 1.165) is 6.54 Å². The first kappa shape index (κ1) is 11.4. The van der Waals surface area contributed by atoms with E-state index in [-0.39, 0.29) is 0 Å². The third-order valence-electron chi connectivity index (χ3n) is 3.37. The van der Waals surface area contributed by atoms with Crippen molar-refractivity contribution in [3.8, 4) is 5.88 Å². The van der Waals surface area contributed by atoms with Crippen LogP contribution in [-0.4, -0.2) is 30.1 Å². The molecule has 2 rings (SSSR count). The van der Waals surface area contributed by atoms with Gasteiger partial charge in [0.2, 0.25) is 5.88 Å². The maximum atomic E-state index is 5.08. The van der Waals surface area contributed by atoms with Crippen LogP contribution >= 0.6 is 0 Å². The summed E-state index contributed by atoms with van der Waals surface area (Å²) in [5, 5.41) is 0. The number of ether oxygens (including phenoxy) is 1. The Bertz CT molecular complexity index is 323. The van der Waals surface area contributed by atoms with Crippen molar-refractivity contribution in [1.29, 1.82) is 0 Å². The van der Waals surface area contributed by atoms with E-state index >= 15 is 0 Å². The van der Waals surface area contributed by atoms with Gasteiger partial charge in [0, 0.05) is 18.3 Å². The number of pyridine rings is 1. The molecule has 1 aliphatic heterocycles. The number of hydrogen-bond donors (Lipinski definition) is 0. The van der Waals surface area contributed by atoms with Crippen LogP contribution in [0.15, 0.2) is 18.3 Å². The van der Waals surface area contributed by atoms with Crippen LogP contribution in [0, 0.1) is 0 Å². The molecule has 0 N–H and O–H groups in total. The molecule has 2 heterocycles. The SMILES string of the molecule is CCN1CCCC[C@@H]1c1ccc(OC)nc1. The van der Waals surface area contributed by atoms with Crippen molar-refractivity contribution in [3.05, 3.63) is 23.9 Å². The Morgan fingerprint density at radius 3 is 2.94 bits per heavy atom. The number of nitrogens with zero attached hydrogens (tertiary/aromatic N) is 2. The standard InChI is InChI=1S/C13H20N2O/c1-3-15-9-5-4-6-12(15)11-7-8-13(16-2)14-10-11/h7-8,10,12H,3-6,9H2,1-2H3/t12-/m1/s1. The molecular weight excluding hydrogens is 200 g/mol. The zero-order valence-corrected chi connectivity index (χ0v) is 10.1. The molecule has 0 amide bonds. The summed E-state index contributed by atoms with van der Waals surface area (Å²) in [6.07, 6.45) is 5.86. The molecule has 1 fully saturated rings. The lowest BCUT2D eigenvalue weighted by atomic mass is 9.96. The van der Waals surface area contributed by atoms with Gasteiger partial charge in [0.15, 0.2) is 0 Å². The number of piperidine rings is 1. The normalized spacial score (nSPS) is 22.0. The van der Waals surface area contributed by atoms with E-state index in [9.17, 15) is 0 Å². The van der Waals surface area contributed by atoms with Gasteiger partial charge in [-0.15, -0.1) is 0 Å². The number of likely N-dealkylation sites (tertiary alicyclic amines) is 1. The summed E-state index contributed by atoms with van der Waals surface area (Å²) in [5.41, 5.74) is 1.32. The van der Waals surface area contributed by atoms with Crippen LogP contribution < -0.4 is 4.74 Å². The van der Waals surface area contributed by atoms with E-state index in [1.54, 1.807) is 7.11 Å². The number of rotatable bonds is 3. The fraction of sp³-hybridized carbons (Fsp3) is 0.615. The first-order chi connectivity index (χ1) is 7.85. The number of hydrogen-bond acceptors (Lipinski definition) is 3. The Morgan fingerprint density at radius 2 is 2.31 bits per heavy atom. The van der Waals surface area contributed by atoms with Gasteiger partial charge in [-0.2, -0.15) is 0 Å². The molecule has 1 aromatic heterocycles. The Balaban J connectivity index is 2.14. The molecule has 0 saturated carbocycles. The monoisotopic (exact) mass is 220 g/mol. The molecule has 0 unspecified atom stereocenters. The minimum Gasteiger partial charge on any atom is -0.481 e. The number of aromatic nitrogens is 1. The quantitative estimate of drug-likeness (QED) is 0.783. The second kappa shape index (κ2) is 5.30. The molecule has 0 aliphatic carbocycles. The van der Waals surface area contributed by atoms with Crippen LogP contribution in [0.5, 0.6) is 5.88 Å². The Morgan fingerprint density at radius 1 is 1.44 bits per heavy atom. The maximum Gasteiger partial charge on any atom is 0.212 e. The topological polar surface area (TPSA) is 25.4 Å². The summed E-state index contributed by atoms with van der Waals surface area (Å²) in [6.45, 7) is 4.57. The third-order valence-corrected chi connectivity index (χ3v) is 3.37. The predicted octanol–water partition coefficient (Wildman–Crippen LogP) is 2.64. The van der Waals surface area contributed by atoms with Gasteiger partial charge in [0.25, 0.3) is 0 Å². The third kappa shape index (κ3) is 2.35. The van der Waals surface area contributed by atoms with E-state index in [4.69, 9.17) is 4.74 Å². The van der Waals surface area contributed by atoms with Crippen molar-refractivity contribution in [2.75, 3.05) is 20.2 Å². The first-order valence-corrected chi connectivity index (χ1v) is 6.09. The molecule has 1 saturated heterocycles. The Hall–Kier alpha value is -1.09. The highest BCUT2D eigenvalue weighted by Crippen LogP contribution is 2.30. The van der Waals surface area contributed by atoms with Gasteiger partial charge in [-0.1, -0.05) is 19.4 Å². The fourth-order valence-corrected chi connectivity index (χ4v) is 2.46. The molecule has 88 valence electrons. The van der Waals surface area contributed by atoms with Gasteiger partial charge >= 0.3 is 0 Å². The summed E-state index contributed by atoms with van der Waals surface area (Å²) in [7, 11) is 1.65. The van der Waals surface area contributed by atoms with Crippen molar-refractivity contribution in [1.82, 2.24) is 9.88 Å². The Labute approximate surface area is 97.4 Å². The van der Waals surface area contributed by atoms with Crippen LogP contribution in [0.1, 0.15) is 37.8 Å². The largest absolute Gasteiger partial charge is 0.481 e. The summed E-state index contributed by atoms with van der Waals surface area (Å²) in [5.74, 6) is 0.697. The van der Waals surface area contributed by atoms with Gasteiger partial charge < -0.3 is 4.74 Å². The van der Waals surface area contributed by atoms with Gasteiger partial charge in [0.05, 0.1) is 7.11 Å². The second-order valence-corrected chi connectivity index (χ2v) is 4.27. The van der Waals surface area contributed by atoms with Crippen LogP contribution in [0.4, 0.5) is 0 Å². The fourth-order valence-electron chi connectivity index (χ4n) is 2.46. The molecule has 0 bridgehead atoms. The van der Waals surface area contributed by atoms with Crippen molar-refractivity contribution in [2.45, 2.75) is 32.2 Å². The summed E-state index contributed by atoms with van der Waals surface area (Å²) < 4.78 is 5.08. The molecule has 3 heteroatoms. The zero-order valence-electron chi connectivity index (χ0n) is 10.1. The lowest BCUT2D eigenvalue weighted by molar-refractivity contribution is 0.157. The molecule has 1 atom stereocenters. The average Bonchev–Trinajstić information content (AvgIpc) is 2.39. The van der Waals surface area contributed by atoms with Crippen LogP contribution in [0.3, 0.4) is 0 Å². The lowest BCUT2D eigenvalue weighted by Crippen LogP contribution is -2.33. The van der Waals surface area contributed by atoms with Crippen molar-refractivity contribution >= 4 is 0 Å².